The van der Waals surface area contributed by atoms with E-state index in [2.05, 4.69) is 6.92 Å². The Morgan fingerprint density at radius 3 is 1.64 bits per heavy atom. The van der Waals surface area contributed by atoms with Gasteiger partial charge in [0, 0.05) is 12.0 Å². The minimum absolute atomic E-state index is 0.196. The minimum atomic E-state index is -0.659. The van der Waals surface area contributed by atoms with Crippen LogP contribution in [0.25, 0.3) is 0 Å². The highest BCUT2D eigenvalue weighted by molar-refractivity contribution is 5.90. The molecule has 0 aromatic carbocycles. The average molecular weight is 639 g/mol. The normalized spacial score (nSPS) is 26.8. The standard InChI is InChI=1S/C37H66O8/c1-3-4-5-6-7-8-9-10-11-15-18-31(40)32(41)20-22-34-36(45-34)24-23-35-33(44-35)21-19-29(38)16-13-12-14-17-30(39)26-28-25-27(2)43-37(28)42/h25,27,29-36,38-41H,3-24,26H2,1-2H3. The molecule has 0 amide bonds. The van der Waals surface area contributed by atoms with Crippen LogP contribution in [-0.2, 0) is 19.0 Å². The number of cyclic esters (lactones) is 1. The first-order valence-corrected chi connectivity index (χ1v) is 18.7. The van der Waals surface area contributed by atoms with Gasteiger partial charge in [0.25, 0.3) is 0 Å². The number of unbranched alkanes of at least 4 members (excludes halogenated alkanes) is 11. The maximum Gasteiger partial charge on any atom is 0.334 e. The first kappa shape index (κ1) is 38.4. The number of esters is 1. The van der Waals surface area contributed by atoms with Crippen LogP contribution in [0.2, 0.25) is 0 Å². The Hall–Kier alpha value is -1.03. The van der Waals surface area contributed by atoms with Crippen molar-refractivity contribution in [1.82, 2.24) is 0 Å². The van der Waals surface area contributed by atoms with Crippen LogP contribution in [0.4, 0.5) is 0 Å². The summed E-state index contributed by atoms with van der Waals surface area (Å²) in [6.45, 7) is 4.07. The Morgan fingerprint density at radius 2 is 1.07 bits per heavy atom. The lowest BCUT2D eigenvalue weighted by atomic mass is 9.99. The molecule has 9 unspecified atom stereocenters. The monoisotopic (exact) mass is 638 g/mol. The molecule has 8 heteroatoms. The van der Waals surface area contributed by atoms with Crippen molar-refractivity contribution in [2.75, 3.05) is 0 Å². The summed E-state index contributed by atoms with van der Waals surface area (Å²) < 4.78 is 16.7. The molecule has 2 saturated heterocycles. The van der Waals surface area contributed by atoms with Gasteiger partial charge >= 0.3 is 5.97 Å². The predicted molar refractivity (Wildman–Crippen MR) is 177 cm³/mol. The van der Waals surface area contributed by atoms with E-state index in [9.17, 15) is 25.2 Å². The Labute approximate surface area is 273 Å². The summed E-state index contributed by atoms with van der Waals surface area (Å²) in [7, 11) is 0. The zero-order valence-corrected chi connectivity index (χ0v) is 28.5. The summed E-state index contributed by atoms with van der Waals surface area (Å²) in [5.41, 5.74) is 0.580. The summed E-state index contributed by atoms with van der Waals surface area (Å²) in [5.74, 6) is -0.311. The topological polar surface area (TPSA) is 132 Å². The average Bonchev–Trinajstić information content (AvgIpc) is 3.92. The molecule has 3 aliphatic rings. The van der Waals surface area contributed by atoms with Gasteiger partial charge < -0.3 is 34.6 Å². The van der Waals surface area contributed by atoms with Crippen molar-refractivity contribution in [3.8, 4) is 0 Å². The van der Waals surface area contributed by atoms with E-state index >= 15 is 0 Å². The van der Waals surface area contributed by atoms with Crippen LogP contribution in [0.5, 0.6) is 0 Å². The molecule has 45 heavy (non-hydrogen) atoms. The van der Waals surface area contributed by atoms with Gasteiger partial charge in [0.1, 0.15) is 6.10 Å². The fraction of sp³-hybridized carbons (Fsp3) is 0.919. The third-order valence-electron chi connectivity index (χ3n) is 9.96. The lowest BCUT2D eigenvalue weighted by Gasteiger charge is -2.17. The minimum Gasteiger partial charge on any atom is -0.455 e. The van der Waals surface area contributed by atoms with E-state index in [0.717, 1.165) is 70.6 Å². The van der Waals surface area contributed by atoms with Crippen molar-refractivity contribution in [3.05, 3.63) is 11.6 Å². The molecule has 3 heterocycles. The molecule has 3 aliphatic heterocycles. The van der Waals surface area contributed by atoms with E-state index < -0.39 is 18.3 Å². The van der Waals surface area contributed by atoms with Gasteiger partial charge in [-0.2, -0.15) is 0 Å². The van der Waals surface area contributed by atoms with Gasteiger partial charge in [-0.15, -0.1) is 0 Å². The van der Waals surface area contributed by atoms with Gasteiger partial charge in [-0.1, -0.05) is 90.4 Å². The Balaban J connectivity index is 1.08. The number of hydrogen-bond donors (Lipinski definition) is 4. The van der Waals surface area contributed by atoms with Gasteiger partial charge in [0.15, 0.2) is 0 Å². The van der Waals surface area contributed by atoms with Gasteiger partial charge in [0.05, 0.1) is 48.8 Å². The van der Waals surface area contributed by atoms with E-state index in [1.54, 1.807) is 6.08 Å². The summed E-state index contributed by atoms with van der Waals surface area (Å²) in [5, 5.41) is 41.3. The SMILES string of the molecule is CCCCCCCCCCCCC(O)C(O)CCC1OC1CCC1OC1CCC(O)CCCCCC(O)CC1=CC(C)OC1=O. The smallest absolute Gasteiger partial charge is 0.334 e. The molecule has 3 rings (SSSR count). The van der Waals surface area contributed by atoms with E-state index in [4.69, 9.17) is 14.2 Å². The lowest BCUT2D eigenvalue weighted by Crippen LogP contribution is -2.26. The quantitative estimate of drug-likeness (QED) is 0.0398. The molecule has 0 radical (unpaired) electrons. The van der Waals surface area contributed by atoms with Gasteiger partial charge in [0.2, 0.25) is 0 Å². The first-order chi connectivity index (χ1) is 21.8. The number of ether oxygens (including phenoxy) is 3. The molecule has 0 aliphatic carbocycles. The largest absolute Gasteiger partial charge is 0.455 e. The van der Waals surface area contributed by atoms with E-state index in [1.807, 2.05) is 6.92 Å². The number of carbonyl (C=O) groups is 1. The highest BCUT2D eigenvalue weighted by Gasteiger charge is 2.43. The molecule has 0 aromatic rings. The van der Waals surface area contributed by atoms with Crippen LogP contribution >= 0.6 is 0 Å². The maximum atomic E-state index is 11.7. The van der Waals surface area contributed by atoms with Crippen molar-refractivity contribution in [1.29, 1.82) is 0 Å². The number of carbonyl (C=O) groups excluding carboxylic acids is 1. The molecule has 9 atom stereocenters. The third-order valence-corrected chi connectivity index (χ3v) is 9.96. The molecular weight excluding hydrogens is 572 g/mol. The summed E-state index contributed by atoms with van der Waals surface area (Å²) in [4.78, 5) is 11.7. The van der Waals surface area contributed by atoms with E-state index in [1.165, 1.54) is 51.4 Å². The molecule has 0 bridgehead atoms. The molecular formula is C37H66O8. The second-order valence-corrected chi connectivity index (χ2v) is 14.2. The zero-order chi connectivity index (χ0) is 32.4. The second kappa shape index (κ2) is 21.8. The molecule has 4 N–H and O–H groups in total. The number of aliphatic hydroxyl groups is 4. The molecule has 2 fully saturated rings. The fourth-order valence-corrected chi connectivity index (χ4v) is 6.84. The van der Waals surface area contributed by atoms with Crippen LogP contribution in [0, 0.1) is 0 Å². The summed E-state index contributed by atoms with van der Waals surface area (Å²) in [6.07, 6.45) is 23.3. The van der Waals surface area contributed by atoms with Gasteiger partial charge in [-0.3, -0.25) is 0 Å². The molecule has 8 nitrogen and oxygen atoms in total. The highest BCUT2D eigenvalue weighted by atomic mass is 16.6. The fourth-order valence-electron chi connectivity index (χ4n) is 6.84. The van der Waals surface area contributed by atoms with Crippen molar-refractivity contribution in [2.45, 2.75) is 216 Å². The van der Waals surface area contributed by atoms with Gasteiger partial charge in [-0.05, 0) is 70.8 Å². The zero-order valence-electron chi connectivity index (χ0n) is 28.5. The summed E-state index contributed by atoms with van der Waals surface area (Å²) >= 11 is 0. The van der Waals surface area contributed by atoms with Crippen LogP contribution in [-0.4, -0.2) is 81.3 Å². The first-order valence-electron chi connectivity index (χ1n) is 18.7. The van der Waals surface area contributed by atoms with Crippen molar-refractivity contribution >= 4 is 5.97 Å². The number of epoxide rings is 2. The third kappa shape index (κ3) is 16.6. The number of aliphatic hydroxyl groups excluding tert-OH is 4. The maximum absolute atomic E-state index is 11.7. The van der Waals surface area contributed by atoms with E-state index in [0.29, 0.717) is 31.3 Å². The van der Waals surface area contributed by atoms with Crippen LogP contribution in [0.3, 0.4) is 0 Å². The van der Waals surface area contributed by atoms with Crippen LogP contribution in [0.1, 0.15) is 162 Å². The van der Waals surface area contributed by atoms with Crippen molar-refractivity contribution in [3.63, 3.8) is 0 Å². The van der Waals surface area contributed by atoms with Gasteiger partial charge in [-0.25, -0.2) is 4.79 Å². The number of rotatable bonds is 29. The van der Waals surface area contributed by atoms with Crippen molar-refractivity contribution in [2.24, 2.45) is 0 Å². The molecule has 0 aromatic heterocycles. The Kier molecular flexibility index (Phi) is 18.6. The van der Waals surface area contributed by atoms with Crippen molar-refractivity contribution < 1.29 is 39.4 Å². The van der Waals surface area contributed by atoms with Crippen LogP contribution in [0.15, 0.2) is 11.6 Å². The molecule has 0 spiro atoms. The predicted octanol–water partition coefficient (Wildman–Crippen LogP) is 6.83. The Morgan fingerprint density at radius 1 is 0.600 bits per heavy atom. The lowest BCUT2D eigenvalue weighted by molar-refractivity contribution is -0.139. The molecule has 0 saturated carbocycles. The van der Waals surface area contributed by atoms with E-state index in [-0.39, 0.29) is 42.6 Å². The van der Waals surface area contributed by atoms with Crippen LogP contribution < -0.4 is 0 Å². The summed E-state index contributed by atoms with van der Waals surface area (Å²) in [6, 6.07) is 0. The Bertz CT molecular complexity index is 833. The highest BCUT2D eigenvalue weighted by Crippen LogP contribution is 2.37. The molecule has 262 valence electrons. The second-order valence-electron chi connectivity index (χ2n) is 14.2. The number of hydrogen-bond acceptors (Lipinski definition) is 8.